The molecule has 1 N–H and O–H groups in total. The second-order valence-corrected chi connectivity index (χ2v) is 5.91. The van der Waals surface area contributed by atoms with Crippen LogP contribution in [0.1, 0.15) is 30.8 Å². The molecule has 1 amide bonds. The highest BCUT2D eigenvalue weighted by atomic mass is 32.2. The Kier molecular flexibility index (Phi) is 6.43. The highest BCUT2D eigenvalue weighted by Crippen LogP contribution is 2.22. The molecule has 0 fully saturated rings. The second-order valence-electron chi connectivity index (χ2n) is 5.14. The van der Waals surface area contributed by atoms with Gasteiger partial charge in [-0.3, -0.25) is 9.36 Å². The molecule has 0 radical (unpaired) electrons. The first-order valence-electron chi connectivity index (χ1n) is 7.74. The van der Waals surface area contributed by atoms with Crippen molar-refractivity contribution < 1.29 is 14.3 Å². The number of para-hydroxylation sites is 1. The summed E-state index contributed by atoms with van der Waals surface area (Å²) < 4.78 is 7.02. The topological polar surface area (TPSA) is 73.2 Å². The number of rotatable bonds is 7. The number of ether oxygens (including phenoxy) is 1. The fourth-order valence-electron chi connectivity index (χ4n) is 2.12. The molecule has 0 aliphatic carbocycles. The van der Waals surface area contributed by atoms with E-state index in [0.29, 0.717) is 17.4 Å². The van der Waals surface area contributed by atoms with Gasteiger partial charge in [-0.15, -0.1) is 0 Å². The average Bonchev–Trinajstić information content (AvgIpc) is 3.04. The number of nitrogens with zero attached hydrogens (tertiary/aromatic N) is 2. The Bertz CT molecular complexity index is 700. The largest absolute Gasteiger partial charge is 0.448 e. The lowest BCUT2D eigenvalue weighted by Crippen LogP contribution is -2.36. The number of hydrogen-bond acceptors (Lipinski definition) is 5. The molecule has 1 heterocycles. The van der Waals surface area contributed by atoms with E-state index in [4.69, 9.17) is 4.74 Å². The van der Waals surface area contributed by atoms with Crippen LogP contribution in [0.2, 0.25) is 0 Å². The summed E-state index contributed by atoms with van der Waals surface area (Å²) in [6.07, 6.45) is 3.32. The van der Waals surface area contributed by atoms with E-state index in [1.54, 1.807) is 11.5 Å². The molecule has 0 saturated carbocycles. The van der Waals surface area contributed by atoms with Crippen LogP contribution in [0.5, 0.6) is 0 Å². The van der Waals surface area contributed by atoms with Gasteiger partial charge in [0.2, 0.25) is 0 Å². The van der Waals surface area contributed by atoms with Crippen LogP contribution in [0.15, 0.2) is 41.7 Å². The van der Waals surface area contributed by atoms with Crippen molar-refractivity contribution >= 4 is 23.6 Å². The van der Waals surface area contributed by atoms with E-state index in [-0.39, 0.29) is 5.91 Å². The van der Waals surface area contributed by atoms with Crippen molar-refractivity contribution in [2.75, 3.05) is 12.8 Å². The predicted octanol–water partition coefficient (Wildman–Crippen LogP) is 2.67. The summed E-state index contributed by atoms with van der Waals surface area (Å²) in [6, 6.07) is 9.44. The van der Waals surface area contributed by atoms with Gasteiger partial charge in [-0.05, 0) is 31.7 Å². The molecule has 7 heteroatoms. The van der Waals surface area contributed by atoms with Crippen LogP contribution >= 0.6 is 11.8 Å². The van der Waals surface area contributed by atoms with Crippen LogP contribution in [-0.4, -0.2) is 40.3 Å². The molecule has 2 aromatic rings. The van der Waals surface area contributed by atoms with Crippen LogP contribution in [0, 0.1) is 0 Å². The molecule has 0 spiro atoms. The fourth-order valence-corrected chi connectivity index (χ4v) is 2.66. The van der Waals surface area contributed by atoms with Gasteiger partial charge in [0.25, 0.3) is 5.91 Å². The molecule has 6 nitrogen and oxygen atoms in total. The van der Waals surface area contributed by atoms with E-state index in [2.05, 4.69) is 10.3 Å². The van der Waals surface area contributed by atoms with Crippen molar-refractivity contribution in [1.29, 1.82) is 0 Å². The van der Waals surface area contributed by atoms with E-state index >= 15 is 0 Å². The Morgan fingerprint density at radius 2 is 2.04 bits per heavy atom. The van der Waals surface area contributed by atoms with Crippen molar-refractivity contribution in [2.45, 2.75) is 31.5 Å². The number of thioether (sulfide) groups is 1. The first-order valence-corrected chi connectivity index (χ1v) is 8.96. The number of hydrogen-bond donors (Lipinski definition) is 1. The summed E-state index contributed by atoms with van der Waals surface area (Å²) in [4.78, 5) is 28.6. The Hall–Kier alpha value is -2.28. The zero-order valence-electron chi connectivity index (χ0n) is 14.0. The molecule has 0 saturated heterocycles. The van der Waals surface area contributed by atoms with Crippen molar-refractivity contribution in [3.63, 3.8) is 0 Å². The van der Waals surface area contributed by atoms with Crippen LogP contribution in [0.4, 0.5) is 0 Å². The Labute approximate surface area is 145 Å². The van der Waals surface area contributed by atoms with Crippen molar-refractivity contribution in [3.05, 3.63) is 42.2 Å². The third kappa shape index (κ3) is 4.17. The van der Waals surface area contributed by atoms with E-state index in [0.717, 1.165) is 12.1 Å². The van der Waals surface area contributed by atoms with Crippen LogP contribution in [-0.2, 0) is 9.53 Å². The maximum absolute atomic E-state index is 12.5. The highest BCUT2D eigenvalue weighted by Gasteiger charge is 2.23. The minimum absolute atomic E-state index is 0.292. The standard InChI is InChI=1S/C17H21N3O3S/c1-4-10-18-15(21)12(2)23-16(22)14-11-19-17(24-3)20(14)13-8-6-5-7-9-13/h5-9,11-12H,4,10H2,1-3H3,(H,18,21). The monoisotopic (exact) mass is 347 g/mol. The first kappa shape index (κ1) is 18.1. The third-order valence-corrected chi connectivity index (χ3v) is 3.99. The maximum Gasteiger partial charge on any atom is 0.357 e. The zero-order chi connectivity index (χ0) is 17.5. The molecule has 24 heavy (non-hydrogen) atoms. The average molecular weight is 347 g/mol. The van der Waals surface area contributed by atoms with Gasteiger partial charge in [0, 0.05) is 12.2 Å². The number of imidazole rings is 1. The van der Waals surface area contributed by atoms with Gasteiger partial charge in [-0.25, -0.2) is 9.78 Å². The molecule has 1 aromatic carbocycles. The molecule has 1 aromatic heterocycles. The van der Waals surface area contributed by atoms with E-state index in [1.165, 1.54) is 18.0 Å². The Morgan fingerprint density at radius 1 is 1.33 bits per heavy atom. The number of aromatic nitrogens is 2. The molecule has 0 aliphatic rings. The lowest BCUT2D eigenvalue weighted by atomic mass is 10.3. The highest BCUT2D eigenvalue weighted by molar-refractivity contribution is 7.98. The summed E-state index contributed by atoms with van der Waals surface area (Å²) >= 11 is 1.43. The Balaban J connectivity index is 2.21. The minimum atomic E-state index is -0.860. The normalized spacial score (nSPS) is 11.8. The van der Waals surface area contributed by atoms with Gasteiger partial charge in [-0.1, -0.05) is 36.9 Å². The number of carbonyl (C=O) groups excluding carboxylic acids is 2. The lowest BCUT2D eigenvalue weighted by molar-refractivity contribution is -0.129. The number of amides is 1. The van der Waals surface area contributed by atoms with Gasteiger partial charge >= 0.3 is 5.97 Å². The van der Waals surface area contributed by atoms with Crippen molar-refractivity contribution in [2.24, 2.45) is 0 Å². The molecule has 0 aliphatic heterocycles. The first-order chi connectivity index (χ1) is 11.6. The van der Waals surface area contributed by atoms with Gasteiger partial charge < -0.3 is 10.1 Å². The maximum atomic E-state index is 12.5. The van der Waals surface area contributed by atoms with Crippen LogP contribution in [0.25, 0.3) is 5.69 Å². The minimum Gasteiger partial charge on any atom is -0.448 e. The summed E-state index contributed by atoms with van der Waals surface area (Å²) in [7, 11) is 0. The Morgan fingerprint density at radius 3 is 2.67 bits per heavy atom. The van der Waals surface area contributed by atoms with E-state index in [1.807, 2.05) is 43.5 Å². The quantitative estimate of drug-likeness (QED) is 0.616. The summed E-state index contributed by atoms with van der Waals surface area (Å²) in [6.45, 7) is 4.07. The predicted molar refractivity (Wildman–Crippen MR) is 93.5 cm³/mol. The van der Waals surface area contributed by atoms with Crippen LogP contribution in [0.3, 0.4) is 0 Å². The molecule has 0 bridgehead atoms. The third-order valence-electron chi connectivity index (χ3n) is 3.34. The smallest absolute Gasteiger partial charge is 0.357 e. The summed E-state index contributed by atoms with van der Waals surface area (Å²) in [5, 5.41) is 3.39. The molecular weight excluding hydrogens is 326 g/mol. The van der Waals surface area contributed by atoms with E-state index in [9.17, 15) is 9.59 Å². The second kappa shape index (κ2) is 8.54. The SMILES string of the molecule is CCCNC(=O)C(C)OC(=O)c1cnc(SC)n1-c1ccccc1. The van der Waals surface area contributed by atoms with Gasteiger partial charge in [0.15, 0.2) is 17.0 Å². The molecule has 1 unspecified atom stereocenters. The molecular formula is C17H21N3O3S. The number of carbonyl (C=O) groups is 2. The van der Waals surface area contributed by atoms with Gasteiger partial charge in [-0.2, -0.15) is 0 Å². The lowest BCUT2D eigenvalue weighted by Gasteiger charge is -2.14. The van der Waals surface area contributed by atoms with Gasteiger partial charge in [0.1, 0.15) is 0 Å². The summed E-state index contributed by atoms with van der Waals surface area (Å²) in [5.41, 5.74) is 1.11. The van der Waals surface area contributed by atoms with Crippen LogP contribution < -0.4 is 5.32 Å². The van der Waals surface area contributed by atoms with Crippen molar-refractivity contribution in [3.8, 4) is 5.69 Å². The van der Waals surface area contributed by atoms with Crippen molar-refractivity contribution in [1.82, 2.24) is 14.9 Å². The van der Waals surface area contributed by atoms with Gasteiger partial charge in [0.05, 0.1) is 6.20 Å². The number of benzene rings is 1. The fraction of sp³-hybridized carbons (Fsp3) is 0.353. The van der Waals surface area contributed by atoms with E-state index < -0.39 is 12.1 Å². The molecule has 2 rings (SSSR count). The molecule has 1 atom stereocenters. The number of nitrogens with one attached hydrogen (secondary N) is 1. The number of esters is 1. The summed E-state index contributed by atoms with van der Waals surface area (Å²) in [5.74, 6) is -0.883. The zero-order valence-corrected chi connectivity index (χ0v) is 14.8. The molecule has 128 valence electrons.